The van der Waals surface area contributed by atoms with Gasteiger partial charge in [0.2, 0.25) is 5.91 Å². The van der Waals surface area contributed by atoms with Crippen LogP contribution in [0.25, 0.3) is 0 Å². The lowest BCUT2D eigenvalue weighted by Crippen LogP contribution is -2.45. The Labute approximate surface area is 148 Å². The fourth-order valence-corrected chi connectivity index (χ4v) is 4.63. The molecule has 134 valence electrons. The summed E-state index contributed by atoms with van der Waals surface area (Å²) in [5, 5.41) is 3.36. The van der Waals surface area contributed by atoms with Crippen LogP contribution in [0.4, 0.5) is 0 Å². The van der Waals surface area contributed by atoms with E-state index in [1.165, 1.54) is 4.88 Å². The van der Waals surface area contributed by atoms with E-state index in [9.17, 15) is 4.79 Å². The van der Waals surface area contributed by atoms with Gasteiger partial charge >= 0.3 is 0 Å². The molecule has 0 unspecified atom stereocenters. The number of aryl methyl sites for hydroxylation is 1. The van der Waals surface area contributed by atoms with Crippen LogP contribution < -0.4 is 5.32 Å². The van der Waals surface area contributed by atoms with E-state index in [0.29, 0.717) is 25.0 Å². The second-order valence-electron chi connectivity index (χ2n) is 7.46. The molecule has 0 aliphatic carbocycles. The summed E-state index contributed by atoms with van der Waals surface area (Å²) < 4.78 is 5.37. The van der Waals surface area contributed by atoms with E-state index in [4.69, 9.17) is 4.74 Å². The second kappa shape index (κ2) is 7.93. The molecule has 0 saturated carbocycles. The van der Waals surface area contributed by atoms with Crippen LogP contribution in [0.5, 0.6) is 0 Å². The predicted molar refractivity (Wildman–Crippen MR) is 95.9 cm³/mol. The Kier molecular flexibility index (Phi) is 5.89. The molecular weight excluding hydrogens is 322 g/mol. The number of hydrogen-bond donors (Lipinski definition) is 1. The first-order chi connectivity index (χ1) is 11.5. The van der Waals surface area contributed by atoms with E-state index in [1.807, 2.05) is 5.51 Å². The van der Waals surface area contributed by atoms with E-state index >= 15 is 0 Å². The number of carbonyl (C=O) groups is 1. The maximum absolute atomic E-state index is 12.6. The van der Waals surface area contributed by atoms with E-state index in [1.54, 1.807) is 11.3 Å². The first-order valence-corrected chi connectivity index (χ1v) is 9.92. The van der Waals surface area contributed by atoms with E-state index in [-0.39, 0.29) is 17.9 Å². The molecule has 2 saturated heterocycles. The largest absolute Gasteiger partial charge is 0.381 e. The third-order valence-corrected chi connectivity index (χ3v) is 6.35. The first-order valence-electron chi connectivity index (χ1n) is 9.04. The molecule has 1 amide bonds. The normalized spacial score (nSPS) is 26.2. The maximum Gasteiger partial charge on any atom is 0.223 e. The van der Waals surface area contributed by atoms with Crippen molar-refractivity contribution in [3.8, 4) is 0 Å². The number of aromatic nitrogens is 1. The van der Waals surface area contributed by atoms with Crippen molar-refractivity contribution in [2.75, 3.05) is 26.3 Å². The number of nitrogens with one attached hydrogen (secondary N) is 1. The summed E-state index contributed by atoms with van der Waals surface area (Å²) in [7, 11) is 0. The first kappa shape index (κ1) is 17.8. The summed E-state index contributed by atoms with van der Waals surface area (Å²) in [5.41, 5.74) is 3.06. The lowest BCUT2D eigenvalue weighted by molar-refractivity contribution is -0.128. The number of carbonyl (C=O) groups excluding carboxylic acids is 1. The Hall–Kier alpha value is -0.980. The molecule has 2 atom stereocenters. The number of thiazole rings is 1. The van der Waals surface area contributed by atoms with Crippen LogP contribution in [0.2, 0.25) is 0 Å². The lowest BCUT2D eigenvalue weighted by Gasteiger charge is -2.27. The number of likely N-dealkylation sites (tertiary alicyclic amines) is 1. The standard InChI is InChI=1S/C18H29N3O2S/c1-12(2)15-8-21(10-17-13(3)19-11-24-17)9-16(15)20-18(22)14-4-6-23-7-5-14/h11-12,14-16H,4-10H2,1-3H3,(H,20,22)/t15-,16+/m1/s1. The number of hydrogen-bond acceptors (Lipinski definition) is 5. The van der Waals surface area contributed by atoms with Gasteiger partial charge in [-0.15, -0.1) is 11.3 Å². The van der Waals surface area contributed by atoms with Gasteiger partial charge in [0.15, 0.2) is 0 Å². The van der Waals surface area contributed by atoms with Gasteiger partial charge in [-0.05, 0) is 31.6 Å². The molecule has 2 aliphatic heterocycles. The molecule has 3 rings (SSSR count). The van der Waals surface area contributed by atoms with Crippen LogP contribution in [-0.4, -0.2) is 48.1 Å². The third-order valence-electron chi connectivity index (χ3n) is 5.43. The lowest BCUT2D eigenvalue weighted by atomic mass is 9.90. The van der Waals surface area contributed by atoms with Crippen LogP contribution in [-0.2, 0) is 16.1 Å². The van der Waals surface area contributed by atoms with Crippen LogP contribution in [0, 0.1) is 24.7 Å². The average Bonchev–Trinajstić information content (AvgIpc) is 3.15. The zero-order valence-electron chi connectivity index (χ0n) is 15.0. The Morgan fingerprint density at radius 3 is 2.79 bits per heavy atom. The zero-order chi connectivity index (χ0) is 17.1. The highest BCUT2D eigenvalue weighted by molar-refractivity contribution is 7.09. The van der Waals surface area contributed by atoms with Gasteiger partial charge in [0.25, 0.3) is 0 Å². The molecule has 6 heteroatoms. The van der Waals surface area contributed by atoms with Crippen molar-refractivity contribution in [2.24, 2.45) is 17.8 Å². The average molecular weight is 352 g/mol. The Morgan fingerprint density at radius 1 is 1.42 bits per heavy atom. The van der Waals surface area contributed by atoms with Gasteiger partial charge in [0, 0.05) is 49.7 Å². The molecule has 24 heavy (non-hydrogen) atoms. The van der Waals surface area contributed by atoms with Crippen molar-refractivity contribution in [1.29, 1.82) is 0 Å². The molecule has 1 aromatic heterocycles. The van der Waals surface area contributed by atoms with E-state index in [2.05, 4.69) is 36.0 Å². The van der Waals surface area contributed by atoms with Crippen LogP contribution in [0.1, 0.15) is 37.3 Å². The highest BCUT2D eigenvalue weighted by Gasteiger charge is 2.37. The van der Waals surface area contributed by atoms with Gasteiger partial charge in [0.05, 0.1) is 11.2 Å². The van der Waals surface area contributed by atoms with Gasteiger partial charge in [-0.2, -0.15) is 0 Å². The third kappa shape index (κ3) is 4.16. The summed E-state index contributed by atoms with van der Waals surface area (Å²) in [6.07, 6.45) is 1.71. The molecule has 5 nitrogen and oxygen atoms in total. The quantitative estimate of drug-likeness (QED) is 0.885. The SMILES string of the molecule is Cc1ncsc1CN1C[C@H](NC(=O)C2CCOCC2)[C@@H](C(C)C)C1. The summed E-state index contributed by atoms with van der Waals surface area (Å²) in [5.74, 6) is 1.44. The number of nitrogens with zero attached hydrogens (tertiary/aromatic N) is 2. The van der Waals surface area contributed by atoms with Crippen molar-refractivity contribution < 1.29 is 9.53 Å². The molecule has 3 heterocycles. The molecule has 0 spiro atoms. The second-order valence-corrected chi connectivity index (χ2v) is 8.40. The molecular formula is C18H29N3O2S. The Bertz CT molecular complexity index is 554. The zero-order valence-corrected chi connectivity index (χ0v) is 15.8. The van der Waals surface area contributed by atoms with Crippen LogP contribution in [0.15, 0.2) is 5.51 Å². The van der Waals surface area contributed by atoms with Crippen molar-refractivity contribution in [1.82, 2.24) is 15.2 Å². The molecule has 0 bridgehead atoms. The summed E-state index contributed by atoms with van der Waals surface area (Å²) >= 11 is 1.73. The van der Waals surface area contributed by atoms with Crippen molar-refractivity contribution in [3.63, 3.8) is 0 Å². The van der Waals surface area contributed by atoms with E-state index in [0.717, 1.165) is 38.2 Å². The number of amides is 1. The minimum absolute atomic E-state index is 0.129. The predicted octanol–water partition coefficient (Wildman–Crippen LogP) is 2.45. The molecule has 2 fully saturated rings. The highest BCUT2D eigenvalue weighted by Crippen LogP contribution is 2.28. The molecule has 1 N–H and O–H groups in total. The minimum atomic E-state index is 0.129. The fraction of sp³-hybridized carbons (Fsp3) is 0.778. The van der Waals surface area contributed by atoms with Gasteiger partial charge < -0.3 is 10.1 Å². The maximum atomic E-state index is 12.6. The van der Waals surface area contributed by atoms with Crippen molar-refractivity contribution >= 4 is 17.2 Å². The highest BCUT2D eigenvalue weighted by atomic mass is 32.1. The van der Waals surface area contributed by atoms with Crippen LogP contribution in [0.3, 0.4) is 0 Å². The fourth-order valence-electron chi connectivity index (χ4n) is 3.81. The monoisotopic (exact) mass is 351 g/mol. The topological polar surface area (TPSA) is 54.5 Å². The Morgan fingerprint density at radius 2 is 2.17 bits per heavy atom. The molecule has 1 aromatic rings. The number of rotatable bonds is 5. The summed E-state index contributed by atoms with van der Waals surface area (Å²) in [4.78, 5) is 20.8. The van der Waals surface area contributed by atoms with Crippen molar-refractivity contribution in [2.45, 2.75) is 46.2 Å². The van der Waals surface area contributed by atoms with Crippen LogP contribution >= 0.6 is 11.3 Å². The van der Waals surface area contributed by atoms with E-state index < -0.39 is 0 Å². The van der Waals surface area contributed by atoms with Gasteiger partial charge in [0.1, 0.15) is 0 Å². The van der Waals surface area contributed by atoms with Crippen molar-refractivity contribution in [3.05, 3.63) is 16.1 Å². The number of ether oxygens (including phenoxy) is 1. The smallest absolute Gasteiger partial charge is 0.223 e. The Balaban J connectivity index is 1.60. The summed E-state index contributed by atoms with van der Waals surface area (Å²) in [6, 6.07) is 0.258. The molecule has 2 aliphatic rings. The van der Waals surface area contributed by atoms with Gasteiger partial charge in [-0.25, -0.2) is 4.98 Å². The molecule has 0 aromatic carbocycles. The van der Waals surface area contributed by atoms with Gasteiger partial charge in [-0.3, -0.25) is 9.69 Å². The minimum Gasteiger partial charge on any atom is -0.381 e. The molecule has 0 radical (unpaired) electrons. The van der Waals surface area contributed by atoms with Gasteiger partial charge in [-0.1, -0.05) is 13.8 Å². The summed E-state index contributed by atoms with van der Waals surface area (Å²) in [6.45, 7) is 11.0.